The molecule has 2 aromatic rings. The Bertz CT molecular complexity index is 445. The summed E-state index contributed by atoms with van der Waals surface area (Å²) in [7, 11) is 0. The number of fused-ring (bicyclic) bond motifs is 1. The topological polar surface area (TPSA) is 29.9 Å². The van der Waals surface area contributed by atoms with E-state index in [1.807, 2.05) is 18.5 Å². The van der Waals surface area contributed by atoms with E-state index in [9.17, 15) is 0 Å². The molecule has 0 radical (unpaired) electrons. The molecular weight excluding hydrogens is 198 g/mol. The average Bonchev–Trinajstić information content (AvgIpc) is 2.68. The number of hydrogen-bond acceptors (Lipinski definition) is 2. The minimum absolute atomic E-state index is 0.757. The Labute approximate surface area is 96.5 Å². The molecule has 1 aromatic carbocycles. The lowest BCUT2D eigenvalue weighted by Gasteiger charge is -2.08. The van der Waals surface area contributed by atoms with Gasteiger partial charge in [0.2, 0.25) is 0 Å². The van der Waals surface area contributed by atoms with Gasteiger partial charge in [-0.2, -0.15) is 0 Å². The van der Waals surface area contributed by atoms with E-state index in [2.05, 4.69) is 40.8 Å². The number of hydrogen-bond donors (Lipinski definition) is 1. The van der Waals surface area contributed by atoms with E-state index >= 15 is 0 Å². The Balaban J connectivity index is 1.94. The largest absolute Gasteiger partial charge is 0.317 e. The number of para-hydroxylation sites is 2. The van der Waals surface area contributed by atoms with Crippen LogP contribution in [0.4, 0.5) is 0 Å². The molecule has 0 atom stereocenters. The molecule has 1 N–H and O–H groups in total. The monoisotopic (exact) mass is 217 g/mol. The van der Waals surface area contributed by atoms with Gasteiger partial charge in [-0.3, -0.25) is 5.32 Å². The molecule has 16 heavy (non-hydrogen) atoms. The predicted octanol–water partition coefficient (Wildman–Crippen LogP) is 2.63. The third-order valence-corrected chi connectivity index (χ3v) is 2.71. The Morgan fingerprint density at radius 3 is 2.94 bits per heavy atom. The summed E-state index contributed by atoms with van der Waals surface area (Å²) in [5.74, 6) is 0.757. The van der Waals surface area contributed by atoms with E-state index in [0.29, 0.717) is 0 Å². The van der Waals surface area contributed by atoms with E-state index < -0.39 is 0 Å². The van der Waals surface area contributed by atoms with Gasteiger partial charge in [0.25, 0.3) is 0 Å². The zero-order valence-electron chi connectivity index (χ0n) is 9.98. The summed E-state index contributed by atoms with van der Waals surface area (Å²) in [6, 6.07) is 8.22. The van der Waals surface area contributed by atoms with Crippen molar-refractivity contribution in [2.45, 2.75) is 26.9 Å². The second-order valence-corrected chi connectivity index (χ2v) is 4.54. The van der Waals surface area contributed by atoms with Crippen LogP contribution in [0, 0.1) is 5.92 Å². The van der Waals surface area contributed by atoms with Gasteiger partial charge in [-0.1, -0.05) is 26.0 Å². The maximum Gasteiger partial charge on any atom is 0.0969 e. The first-order chi connectivity index (χ1) is 7.77. The maximum absolute atomic E-state index is 4.36. The molecule has 0 unspecified atom stereocenters. The van der Waals surface area contributed by atoms with E-state index in [1.165, 1.54) is 11.9 Å². The summed E-state index contributed by atoms with van der Waals surface area (Å²) >= 11 is 0. The normalized spacial score (nSPS) is 11.4. The van der Waals surface area contributed by atoms with Gasteiger partial charge >= 0.3 is 0 Å². The molecule has 0 fully saturated rings. The van der Waals surface area contributed by atoms with Crippen LogP contribution in [0.1, 0.15) is 20.3 Å². The summed E-state index contributed by atoms with van der Waals surface area (Å²) < 4.78 is 2.15. The van der Waals surface area contributed by atoms with Crippen molar-refractivity contribution in [1.82, 2.24) is 14.9 Å². The number of nitrogens with one attached hydrogen (secondary N) is 1. The van der Waals surface area contributed by atoms with Crippen molar-refractivity contribution in [3.05, 3.63) is 30.6 Å². The molecule has 1 aromatic heterocycles. The molecular formula is C13H19N3. The Hall–Kier alpha value is -1.35. The van der Waals surface area contributed by atoms with Crippen LogP contribution in [0.5, 0.6) is 0 Å². The van der Waals surface area contributed by atoms with E-state index in [4.69, 9.17) is 0 Å². The zero-order chi connectivity index (χ0) is 11.4. The van der Waals surface area contributed by atoms with Gasteiger partial charge in [0, 0.05) is 0 Å². The third-order valence-electron chi connectivity index (χ3n) is 2.71. The highest BCUT2D eigenvalue weighted by Gasteiger charge is 2.00. The number of aromatic nitrogens is 2. The molecule has 0 saturated heterocycles. The van der Waals surface area contributed by atoms with Gasteiger partial charge in [-0.15, -0.1) is 0 Å². The Morgan fingerprint density at radius 2 is 2.12 bits per heavy atom. The van der Waals surface area contributed by atoms with Crippen molar-refractivity contribution < 1.29 is 0 Å². The standard InChI is InChI=1S/C13H19N3/c1-11(2)7-8-14-9-16-10-15-12-5-3-4-6-13(12)16/h3-6,10-11,14H,7-9H2,1-2H3. The molecule has 0 saturated carbocycles. The first-order valence-corrected chi connectivity index (χ1v) is 5.88. The zero-order valence-corrected chi connectivity index (χ0v) is 9.98. The molecule has 86 valence electrons. The van der Waals surface area contributed by atoms with E-state index in [0.717, 1.165) is 24.6 Å². The molecule has 0 aliphatic rings. The Morgan fingerprint density at radius 1 is 1.31 bits per heavy atom. The number of benzene rings is 1. The first-order valence-electron chi connectivity index (χ1n) is 5.88. The molecule has 0 amide bonds. The van der Waals surface area contributed by atoms with Crippen LogP contribution in [0.2, 0.25) is 0 Å². The molecule has 0 spiro atoms. The van der Waals surface area contributed by atoms with Crippen LogP contribution in [0.25, 0.3) is 11.0 Å². The van der Waals surface area contributed by atoms with Gasteiger partial charge < -0.3 is 4.57 Å². The average molecular weight is 217 g/mol. The first kappa shape index (κ1) is 11.1. The van der Waals surface area contributed by atoms with E-state index in [-0.39, 0.29) is 0 Å². The molecule has 1 heterocycles. The SMILES string of the molecule is CC(C)CCNCn1cnc2ccccc21. The van der Waals surface area contributed by atoms with Crippen LogP contribution < -0.4 is 5.32 Å². The second kappa shape index (κ2) is 5.12. The number of nitrogens with zero attached hydrogens (tertiary/aromatic N) is 2. The summed E-state index contributed by atoms with van der Waals surface area (Å²) in [6.07, 6.45) is 3.11. The van der Waals surface area contributed by atoms with Crippen molar-refractivity contribution in [2.24, 2.45) is 5.92 Å². The predicted molar refractivity (Wildman–Crippen MR) is 67.2 cm³/mol. The van der Waals surface area contributed by atoms with Gasteiger partial charge in [-0.05, 0) is 31.0 Å². The van der Waals surface area contributed by atoms with Crippen molar-refractivity contribution in [3.8, 4) is 0 Å². The van der Waals surface area contributed by atoms with Gasteiger partial charge in [-0.25, -0.2) is 4.98 Å². The fraction of sp³-hybridized carbons (Fsp3) is 0.462. The van der Waals surface area contributed by atoms with Crippen LogP contribution in [-0.4, -0.2) is 16.1 Å². The smallest absolute Gasteiger partial charge is 0.0969 e. The van der Waals surface area contributed by atoms with Gasteiger partial charge in [0.05, 0.1) is 24.0 Å². The van der Waals surface area contributed by atoms with Crippen molar-refractivity contribution in [1.29, 1.82) is 0 Å². The quantitative estimate of drug-likeness (QED) is 0.780. The molecule has 0 aliphatic carbocycles. The number of imidazole rings is 1. The van der Waals surface area contributed by atoms with E-state index in [1.54, 1.807) is 0 Å². The molecule has 3 nitrogen and oxygen atoms in total. The van der Waals surface area contributed by atoms with Crippen molar-refractivity contribution >= 4 is 11.0 Å². The maximum atomic E-state index is 4.36. The summed E-state index contributed by atoms with van der Waals surface area (Å²) in [5.41, 5.74) is 2.26. The second-order valence-electron chi connectivity index (χ2n) is 4.54. The summed E-state index contributed by atoms with van der Waals surface area (Å²) in [4.78, 5) is 4.36. The van der Waals surface area contributed by atoms with Crippen LogP contribution >= 0.6 is 0 Å². The third kappa shape index (κ3) is 2.61. The van der Waals surface area contributed by atoms with Crippen molar-refractivity contribution in [2.75, 3.05) is 6.54 Å². The highest BCUT2D eigenvalue weighted by atomic mass is 15.1. The highest BCUT2D eigenvalue weighted by molar-refractivity contribution is 5.74. The van der Waals surface area contributed by atoms with Gasteiger partial charge in [0.1, 0.15) is 0 Å². The highest BCUT2D eigenvalue weighted by Crippen LogP contribution is 2.10. The molecule has 0 bridgehead atoms. The molecule has 0 aliphatic heterocycles. The van der Waals surface area contributed by atoms with Crippen LogP contribution in [0.15, 0.2) is 30.6 Å². The lowest BCUT2D eigenvalue weighted by atomic mass is 10.1. The number of rotatable bonds is 5. The van der Waals surface area contributed by atoms with Gasteiger partial charge in [0.15, 0.2) is 0 Å². The Kier molecular flexibility index (Phi) is 3.57. The minimum Gasteiger partial charge on any atom is -0.317 e. The van der Waals surface area contributed by atoms with Crippen LogP contribution in [0.3, 0.4) is 0 Å². The fourth-order valence-corrected chi connectivity index (χ4v) is 1.73. The summed E-state index contributed by atoms with van der Waals surface area (Å²) in [6.45, 7) is 6.39. The van der Waals surface area contributed by atoms with Crippen LogP contribution in [-0.2, 0) is 6.67 Å². The summed E-state index contributed by atoms with van der Waals surface area (Å²) in [5, 5.41) is 3.43. The van der Waals surface area contributed by atoms with Crippen molar-refractivity contribution in [3.63, 3.8) is 0 Å². The molecule has 3 heteroatoms. The lowest BCUT2D eigenvalue weighted by molar-refractivity contribution is 0.498. The fourth-order valence-electron chi connectivity index (χ4n) is 1.73. The molecule has 2 rings (SSSR count). The lowest BCUT2D eigenvalue weighted by Crippen LogP contribution is -2.20. The minimum atomic E-state index is 0.757.